The minimum Gasteiger partial charge on any atom is -0.382 e. The first kappa shape index (κ1) is 15.5. The third-order valence-corrected chi connectivity index (χ3v) is 9.07. The number of carbonyl (C=O) groups excluding carboxylic acids is 2. The van der Waals surface area contributed by atoms with Crippen molar-refractivity contribution < 1.29 is 19.4 Å². The van der Waals surface area contributed by atoms with Crippen LogP contribution in [0.4, 0.5) is 0 Å². The Morgan fingerprint density at radius 1 is 0.958 bits per heavy atom. The van der Waals surface area contributed by atoms with Crippen molar-refractivity contribution in [1.82, 2.24) is 0 Å². The molecule has 4 heteroatoms. The van der Waals surface area contributed by atoms with E-state index in [1.807, 2.05) is 0 Å². The molecule has 7 rings (SSSR count). The molecule has 7 atom stereocenters. The molecule has 3 unspecified atom stereocenters. The zero-order valence-corrected chi connectivity index (χ0v) is 15.1. The van der Waals surface area contributed by atoms with Crippen molar-refractivity contribution in [2.45, 2.75) is 77.1 Å². The van der Waals surface area contributed by atoms with Gasteiger partial charge in [-0.3, -0.25) is 9.59 Å². The summed E-state index contributed by atoms with van der Waals surface area (Å²) in [5, 5.41) is 11.3. The Balaban J connectivity index is 1.42. The summed E-state index contributed by atoms with van der Waals surface area (Å²) in [5.41, 5.74) is -1.83. The van der Waals surface area contributed by atoms with Gasteiger partial charge in [-0.05, 0) is 35.5 Å². The van der Waals surface area contributed by atoms with Gasteiger partial charge in [0.05, 0.1) is 6.10 Å². The van der Waals surface area contributed by atoms with Crippen LogP contribution in [0.2, 0.25) is 0 Å². The van der Waals surface area contributed by atoms with E-state index < -0.39 is 11.2 Å². The molecule has 7 aliphatic rings. The van der Waals surface area contributed by atoms with Crippen molar-refractivity contribution >= 4 is 11.6 Å². The van der Waals surface area contributed by atoms with Gasteiger partial charge in [0.2, 0.25) is 0 Å². The molecule has 0 amide bonds. The Kier molecular flexibility index (Phi) is 2.57. The van der Waals surface area contributed by atoms with E-state index in [2.05, 4.69) is 27.7 Å². The number of Topliss-reactive ketones (excluding diaryl/α,β-unsaturated/α-hetero) is 2. The molecule has 1 N–H and O–H groups in total. The lowest BCUT2D eigenvalue weighted by molar-refractivity contribution is -0.204. The number of hydrogen-bond donors (Lipinski definition) is 1. The van der Waals surface area contributed by atoms with E-state index >= 15 is 0 Å². The number of rotatable bonds is 2. The summed E-state index contributed by atoms with van der Waals surface area (Å²) in [4.78, 5) is 25.3. The van der Waals surface area contributed by atoms with E-state index in [4.69, 9.17) is 4.74 Å². The van der Waals surface area contributed by atoms with Gasteiger partial charge in [0.1, 0.15) is 5.60 Å². The lowest BCUT2D eigenvalue weighted by atomic mass is 9.42. The monoisotopic (exact) mass is 332 g/mol. The molecular weight excluding hydrogens is 304 g/mol. The quantitative estimate of drug-likeness (QED) is 0.789. The number of carbonyl (C=O) groups is 2. The van der Waals surface area contributed by atoms with Crippen LogP contribution in [0.5, 0.6) is 0 Å². The second kappa shape index (κ2) is 3.98. The zero-order valence-electron chi connectivity index (χ0n) is 15.1. The second-order valence-corrected chi connectivity index (χ2v) is 10.4. The molecule has 132 valence electrons. The van der Waals surface area contributed by atoms with Crippen molar-refractivity contribution in [3.63, 3.8) is 0 Å². The maximum absolute atomic E-state index is 12.7. The molecule has 6 saturated carbocycles. The maximum Gasteiger partial charge on any atom is 0.167 e. The van der Waals surface area contributed by atoms with Crippen molar-refractivity contribution in [2.24, 2.45) is 34.5 Å². The van der Waals surface area contributed by atoms with Gasteiger partial charge in [-0.15, -0.1) is 0 Å². The molecule has 4 bridgehead atoms. The maximum atomic E-state index is 12.7. The number of fused-ring (bicyclic) bond motifs is 3. The number of hydrogen-bond acceptors (Lipinski definition) is 4. The highest BCUT2D eigenvalue weighted by Crippen LogP contribution is 2.70. The third kappa shape index (κ3) is 1.46. The fourth-order valence-electron chi connectivity index (χ4n) is 6.92. The highest BCUT2D eigenvalue weighted by Gasteiger charge is 2.78. The van der Waals surface area contributed by atoms with Crippen molar-refractivity contribution in [3.05, 3.63) is 0 Å². The molecule has 0 radical (unpaired) electrons. The van der Waals surface area contributed by atoms with E-state index in [0.29, 0.717) is 31.1 Å². The fraction of sp³-hybridized carbons (Fsp3) is 0.900. The predicted molar refractivity (Wildman–Crippen MR) is 87.2 cm³/mol. The molecule has 6 aliphatic carbocycles. The minimum atomic E-state index is -1.29. The van der Waals surface area contributed by atoms with Gasteiger partial charge in [0.25, 0.3) is 0 Å². The number of ether oxygens (including phenoxy) is 1. The molecule has 0 aromatic heterocycles. The Hall–Kier alpha value is -0.740. The second-order valence-electron chi connectivity index (χ2n) is 10.4. The normalized spacial score (nSPS) is 55.8. The van der Waals surface area contributed by atoms with Crippen LogP contribution in [0.15, 0.2) is 0 Å². The minimum absolute atomic E-state index is 0.0124. The largest absolute Gasteiger partial charge is 0.382 e. The summed E-state index contributed by atoms with van der Waals surface area (Å²) >= 11 is 0. The predicted octanol–water partition coefficient (Wildman–Crippen LogP) is 2.52. The Bertz CT molecular complexity index is 665. The zero-order chi connectivity index (χ0) is 17.3. The number of epoxide rings is 1. The first-order valence-electron chi connectivity index (χ1n) is 9.51. The van der Waals surface area contributed by atoms with Gasteiger partial charge in [-0.2, -0.15) is 0 Å². The first-order chi connectivity index (χ1) is 11.0. The Morgan fingerprint density at radius 3 is 2.08 bits per heavy atom. The van der Waals surface area contributed by atoms with Gasteiger partial charge < -0.3 is 9.84 Å². The lowest BCUT2D eigenvalue weighted by Gasteiger charge is -2.62. The molecule has 7 fully saturated rings. The van der Waals surface area contributed by atoms with Gasteiger partial charge in [0, 0.05) is 31.1 Å². The van der Waals surface area contributed by atoms with Crippen LogP contribution in [0.25, 0.3) is 0 Å². The lowest BCUT2D eigenvalue weighted by Crippen LogP contribution is -2.67. The van der Waals surface area contributed by atoms with Crippen LogP contribution in [-0.2, 0) is 14.3 Å². The Labute approximate surface area is 143 Å². The van der Waals surface area contributed by atoms with Gasteiger partial charge >= 0.3 is 0 Å². The van der Waals surface area contributed by atoms with E-state index in [9.17, 15) is 14.7 Å². The molecule has 4 nitrogen and oxygen atoms in total. The van der Waals surface area contributed by atoms with Crippen molar-refractivity contribution in [3.8, 4) is 0 Å². The smallest absolute Gasteiger partial charge is 0.167 e. The van der Waals surface area contributed by atoms with Crippen molar-refractivity contribution in [1.29, 1.82) is 0 Å². The molecule has 1 spiro atoms. The fourth-order valence-corrected chi connectivity index (χ4v) is 6.92. The van der Waals surface area contributed by atoms with Crippen LogP contribution in [0.1, 0.15) is 59.8 Å². The van der Waals surface area contributed by atoms with Crippen molar-refractivity contribution in [2.75, 3.05) is 0 Å². The molecular formula is C20H28O4. The van der Waals surface area contributed by atoms with Gasteiger partial charge in [-0.25, -0.2) is 0 Å². The average molecular weight is 332 g/mol. The molecule has 1 heterocycles. The van der Waals surface area contributed by atoms with Crippen LogP contribution < -0.4 is 0 Å². The summed E-state index contributed by atoms with van der Waals surface area (Å²) in [6.45, 7) is 8.80. The molecule has 1 aliphatic heterocycles. The molecule has 24 heavy (non-hydrogen) atoms. The third-order valence-electron chi connectivity index (χ3n) is 9.07. The van der Waals surface area contributed by atoms with Crippen LogP contribution >= 0.6 is 0 Å². The van der Waals surface area contributed by atoms with E-state index in [-0.39, 0.29) is 40.3 Å². The average Bonchev–Trinajstić information content (AvgIpc) is 3.17. The molecule has 0 aromatic carbocycles. The summed E-state index contributed by atoms with van der Waals surface area (Å²) in [6, 6.07) is 0. The topological polar surface area (TPSA) is 66.9 Å². The standard InChI is InChI=1S/C20H28O4/c1-17(2)10-5-12(17)19(23,14(21)7-10)9-16-20(24-16)13-6-11(8-15(20)22)18(13,3)4/h10-13,16,23H,5-9H2,1-4H3/t10-,11+,12-,13+,16?,19?,20?/m0/s1. The van der Waals surface area contributed by atoms with E-state index in [1.165, 1.54) is 0 Å². The van der Waals surface area contributed by atoms with Gasteiger partial charge in [0.15, 0.2) is 17.2 Å². The summed E-state index contributed by atoms with van der Waals surface area (Å²) in [6.07, 6.45) is 3.11. The highest BCUT2D eigenvalue weighted by molar-refractivity contribution is 5.94. The van der Waals surface area contributed by atoms with E-state index in [0.717, 1.165) is 12.8 Å². The van der Waals surface area contributed by atoms with Crippen LogP contribution in [-0.4, -0.2) is 34.0 Å². The number of ketones is 2. The summed E-state index contributed by atoms with van der Waals surface area (Å²) in [5.74, 6) is 1.35. The SMILES string of the molecule is CC1(C)[C@@H]2CC(=O)C(O)(CC3OC34C(=O)C[C@H]3C[C@@H]4C3(C)C)[C@H]1C2. The van der Waals surface area contributed by atoms with Crippen LogP contribution in [0.3, 0.4) is 0 Å². The van der Waals surface area contributed by atoms with Gasteiger partial charge in [-0.1, -0.05) is 27.7 Å². The molecule has 0 aromatic rings. The summed E-state index contributed by atoms with van der Waals surface area (Å²) < 4.78 is 6.03. The Morgan fingerprint density at radius 2 is 1.50 bits per heavy atom. The highest BCUT2D eigenvalue weighted by atomic mass is 16.6. The van der Waals surface area contributed by atoms with E-state index in [1.54, 1.807) is 0 Å². The first-order valence-corrected chi connectivity index (χ1v) is 9.51. The molecule has 1 saturated heterocycles. The van der Waals surface area contributed by atoms with Crippen LogP contribution in [0, 0.1) is 34.5 Å². The number of aliphatic hydroxyl groups is 1. The summed E-state index contributed by atoms with van der Waals surface area (Å²) in [7, 11) is 0.